The maximum Gasteiger partial charge on any atom is 0.242 e. The van der Waals surface area contributed by atoms with E-state index in [0.29, 0.717) is 6.04 Å². The van der Waals surface area contributed by atoms with Crippen LogP contribution in [0.5, 0.6) is 0 Å². The molecule has 6 heteroatoms. The van der Waals surface area contributed by atoms with Crippen LogP contribution in [-0.4, -0.2) is 26.7 Å². The smallest absolute Gasteiger partial charge is 0.242 e. The number of carbonyl (C=O) groups is 1. The average Bonchev–Trinajstić information content (AvgIpc) is 2.67. The lowest BCUT2D eigenvalue weighted by Crippen LogP contribution is -2.39. The second kappa shape index (κ2) is 5.16. The van der Waals surface area contributed by atoms with Gasteiger partial charge in [0.1, 0.15) is 12.9 Å². The van der Waals surface area contributed by atoms with Gasteiger partial charge < -0.3 is 11.1 Å². The van der Waals surface area contributed by atoms with Gasteiger partial charge in [-0.25, -0.2) is 9.67 Å². The number of anilines is 1. The number of rotatable bonds is 3. The molecule has 0 unspecified atom stereocenters. The van der Waals surface area contributed by atoms with Crippen LogP contribution in [0.15, 0.2) is 6.33 Å². The van der Waals surface area contributed by atoms with Crippen molar-refractivity contribution in [3.8, 4) is 0 Å². The van der Waals surface area contributed by atoms with E-state index in [2.05, 4.69) is 22.3 Å². The molecule has 1 aliphatic rings. The molecule has 3 N–H and O–H groups in total. The average molecular weight is 237 g/mol. The highest BCUT2D eigenvalue weighted by molar-refractivity contribution is 5.75. The Bertz CT molecular complexity index is 381. The van der Waals surface area contributed by atoms with Gasteiger partial charge in [-0.15, -0.1) is 5.10 Å². The van der Waals surface area contributed by atoms with E-state index in [1.807, 2.05) is 0 Å². The third kappa shape index (κ3) is 3.44. The molecule has 1 saturated carbocycles. The van der Waals surface area contributed by atoms with Crippen LogP contribution in [0.4, 0.5) is 5.95 Å². The molecule has 1 aromatic heterocycles. The Morgan fingerprint density at radius 2 is 2.24 bits per heavy atom. The lowest BCUT2D eigenvalue weighted by Gasteiger charge is -2.26. The first-order valence-corrected chi connectivity index (χ1v) is 6.08. The van der Waals surface area contributed by atoms with E-state index in [1.54, 1.807) is 0 Å². The third-order valence-electron chi connectivity index (χ3n) is 3.24. The zero-order chi connectivity index (χ0) is 12.3. The number of nitrogen functional groups attached to an aromatic ring is 1. The Morgan fingerprint density at radius 1 is 1.53 bits per heavy atom. The number of nitrogens with two attached hydrogens (primary N) is 1. The quantitative estimate of drug-likeness (QED) is 0.804. The summed E-state index contributed by atoms with van der Waals surface area (Å²) in [6, 6.07) is 0.319. The highest BCUT2D eigenvalue weighted by Gasteiger charge is 2.19. The maximum absolute atomic E-state index is 11.7. The van der Waals surface area contributed by atoms with Crippen molar-refractivity contribution in [3.63, 3.8) is 0 Å². The molecule has 1 fully saturated rings. The van der Waals surface area contributed by atoms with Crippen molar-refractivity contribution in [2.75, 3.05) is 5.73 Å². The fourth-order valence-corrected chi connectivity index (χ4v) is 2.21. The summed E-state index contributed by atoms with van der Waals surface area (Å²) in [7, 11) is 0. The van der Waals surface area contributed by atoms with E-state index in [-0.39, 0.29) is 18.4 Å². The standard InChI is InChI=1S/C11H19N5O/c1-8-2-4-9(5-3-8)14-10(17)6-16-7-13-11(12)15-16/h7-9H,2-6H2,1H3,(H2,12,15)(H,14,17). The number of hydrogen-bond acceptors (Lipinski definition) is 4. The molecule has 0 aliphatic heterocycles. The summed E-state index contributed by atoms with van der Waals surface area (Å²) in [5.41, 5.74) is 5.38. The molecule has 0 radical (unpaired) electrons. The van der Waals surface area contributed by atoms with Crippen molar-refractivity contribution >= 4 is 11.9 Å². The molecule has 1 heterocycles. The summed E-state index contributed by atoms with van der Waals surface area (Å²) in [5, 5.41) is 6.91. The van der Waals surface area contributed by atoms with E-state index in [0.717, 1.165) is 18.8 Å². The van der Waals surface area contributed by atoms with Crippen LogP contribution >= 0.6 is 0 Å². The van der Waals surface area contributed by atoms with E-state index in [9.17, 15) is 4.79 Å². The van der Waals surface area contributed by atoms with Crippen LogP contribution in [0.25, 0.3) is 0 Å². The third-order valence-corrected chi connectivity index (χ3v) is 3.24. The van der Waals surface area contributed by atoms with Crippen molar-refractivity contribution in [2.45, 2.75) is 45.2 Å². The van der Waals surface area contributed by atoms with Crippen LogP contribution in [0.3, 0.4) is 0 Å². The maximum atomic E-state index is 11.7. The Balaban J connectivity index is 1.77. The molecular formula is C11H19N5O. The summed E-state index contributed by atoms with van der Waals surface area (Å²) in [6.45, 7) is 2.45. The Labute approximate surface area is 101 Å². The normalized spacial score (nSPS) is 24.5. The van der Waals surface area contributed by atoms with Gasteiger partial charge in [0.05, 0.1) is 0 Å². The van der Waals surface area contributed by atoms with Crippen molar-refractivity contribution in [3.05, 3.63) is 6.33 Å². The summed E-state index contributed by atoms with van der Waals surface area (Å²) in [5.74, 6) is 0.969. The molecule has 0 saturated heterocycles. The topological polar surface area (TPSA) is 85.8 Å². The molecule has 1 amide bonds. The van der Waals surface area contributed by atoms with Crippen LogP contribution in [0.2, 0.25) is 0 Å². The van der Waals surface area contributed by atoms with Crippen LogP contribution in [0, 0.1) is 5.92 Å². The van der Waals surface area contributed by atoms with Gasteiger partial charge in [0, 0.05) is 6.04 Å². The largest absolute Gasteiger partial charge is 0.367 e. The van der Waals surface area contributed by atoms with Crippen LogP contribution in [-0.2, 0) is 11.3 Å². The molecule has 2 rings (SSSR count). The highest BCUT2D eigenvalue weighted by atomic mass is 16.2. The number of amides is 1. The molecule has 0 spiro atoms. The summed E-state index contributed by atoms with van der Waals surface area (Å²) < 4.78 is 1.45. The van der Waals surface area contributed by atoms with E-state index >= 15 is 0 Å². The molecule has 6 nitrogen and oxygen atoms in total. The van der Waals surface area contributed by atoms with Gasteiger partial charge in [-0.1, -0.05) is 6.92 Å². The zero-order valence-electron chi connectivity index (χ0n) is 10.1. The van der Waals surface area contributed by atoms with Gasteiger partial charge >= 0.3 is 0 Å². The van der Waals surface area contributed by atoms with Crippen LogP contribution < -0.4 is 11.1 Å². The summed E-state index contributed by atoms with van der Waals surface area (Å²) >= 11 is 0. The first-order chi connectivity index (χ1) is 8.13. The van der Waals surface area contributed by atoms with Gasteiger partial charge in [-0.05, 0) is 31.6 Å². The second-order valence-corrected chi connectivity index (χ2v) is 4.82. The number of hydrogen-bond donors (Lipinski definition) is 2. The lowest BCUT2D eigenvalue weighted by molar-refractivity contribution is -0.122. The SMILES string of the molecule is CC1CCC(NC(=O)Cn2cnc(N)n2)CC1. The molecule has 1 aromatic rings. The fourth-order valence-electron chi connectivity index (χ4n) is 2.21. The molecule has 17 heavy (non-hydrogen) atoms. The second-order valence-electron chi connectivity index (χ2n) is 4.82. The van der Waals surface area contributed by atoms with Crippen molar-refractivity contribution < 1.29 is 4.79 Å². The lowest BCUT2D eigenvalue weighted by atomic mass is 9.87. The van der Waals surface area contributed by atoms with Crippen molar-refractivity contribution in [1.82, 2.24) is 20.1 Å². The van der Waals surface area contributed by atoms with E-state index in [4.69, 9.17) is 5.73 Å². The van der Waals surface area contributed by atoms with E-state index < -0.39 is 0 Å². The molecule has 1 aliphatic carbocycles. The van der Waals surface area contributed by atoms with E-state index in [1.165, 1.54) is 23.9 Å². The number of nitrogens with zero attached hydrogens (tertiary/aromatic N) is 3. The number of carbonyl (C=O) groups excluding carboxylic acids is 1. The minimum atomic E-state index is -0.0190. The zero-order valence-corrected chi connectivity index (χ0v) is 10.1. The van der Waals surface area contributed by atoms with Crippen LogP contribution in [0.1, 0.15) is 32.6 Å². The molecule has 0 aromatic carbocycles. The van der Waals surface area contributed by atoms with Gasteiger partial charge in [0.2, 0.25) is 11.9 Å². The van der Waals surface area contributed by atoms with Gasteiger partial charge in [0.25, 0.3) is 0 Å². The Hall–Kier alpha value is -1.59. The predicted octanol–water partition coefficient (Wildman–Crippen LogP) is 0.555. The first kappa shape index (κ1) is 11.9. The molecule has 0 bridgehead atoms. The van der Waals surface area contributed by atoms with Crippen molar-refractivity contribution in [2.24, 2.45) is 5.92 Å². The minimum absolute atomic E-state index is 0.0190. The number of nitrogens with one attached hydrogen (secondary N) is 1. The molecule has 94 valence electrons. The Kier molecular flexibility index (Phi) is 3.61. The highest BCUT2D eigenvalue weighted by Crippen LogP contribution is 2.23. The minimum Gasteiger partial charge on any atom is -0.367 e. The first-order valence-electron chi connectivity index (χ1n) is 6.08. The Morgan fingerprint density at radius 3 is 2.82 bits per heavy atom. The number of aromatic nitrogens is 3. The summed E-state index contributed by atoms with van der Waals surface area (Å²) in [4.78, 5) is 15.5. The molecule has 0 atom stereocenters. The predicted molar refractivity (Wildman–Crippen MR) is 64.0 cm³/mol. The van der Waals surface area contributed by atoms with Crippen molar-refractivity contribution in [1.29, 1.82) is 0 Å². The van der Waals surface area contributed by atoms with Gasteiger partial charge in [-0.2, -0.15) is 0 Å². The fraction of sp³-hybridized carbons (Fsp3) is 0.727. The van der Waals surface area contributed by atoms with Gasteiger partial charge in [0.15, 0.2) is 0 Å². The van der Waals surface area contributed by atoms with Gasteiger partial charge in [-0.3, -0.25) is 4.79 Å². The monoisotopic (exact) mass is 237 g/mol. The summed E-state index contributed by atoms with van der Waals surface area (Å²) in [6.07, 6.45) is 6.01. The molecular weight excluding hydrogens is 218 g/mol.